The average molecular weight is 374 g/mol. The average Bonchev–Trinajstić information content (AvgIpc) is 3.06. The van der Waals surface area contributed by atoms with Crippen LogP contribution in [0.1, 0.15) is 45.1 Å². The van der Waals surface area contributed by atoms with Crippen molar-refractivity contribution in [1.29, 1.82) is 0 Å². The zero-order valence-electron chi connectivity index (χ0n) is 16.8. The SMILES string of the molecule is CCNC(=NCc1ncnn1C)NC(C)c1ccc(OCC)c(OCC)c1. The number of hydrogen-bond acceptors (Lipinski definition) is 5. The van der Waals surface area contributed by atoms with Crippen LogP contribution in [-0.2, 0) is 13.6 Å². The van der Waals surface area contributed by atoms with Crippen LogP contribution in [0, 0.1) is 0 Å². The summed E-state index contributed by atoms with van der Waals surface area (Å²) < 4.78 is 13.1. The van der Waals surface area contributed by atoms with E-state index in [-0.39, 0.29) is 6.04 Å². The van der Waals surface area contributed by atoms with Gasteiger partial charge in [-0.15, -0.1) is 0 Å². The van der Waals surface area contributed by atoms with Crippen molar-refractivity contribution in [1.82, 2.24) is 25.4 Å². The van der Waals surface area contributed by atoms with Crippen LogP contribution in [0.5, 0.6) is 11.5 Å². The topological polar surface area (TPSA) is 85.6 Å². The lowest BCUT2D eigenvalue weighted by Gasteiger charge is -2.20. The number of guanidine groups is 1. The maximum absolute atomic E-state index is 5.73. The van der Waals surface area contributed by atoms with Gasteiger partial charge in [0.15, 0.2) is 17.5 Å². The summed E-state index contributed by atoms with van der Waals surface area (Å²) in [6.07, 6.45) is 1.53. The molecule has 2 rings (SSSR count). The van der Waals surface area contributed by atoms with E-state index in [4.69, 9.17) is 9.47 Å². The van der Waals surface area contributed by atoms with Gasteiger partial charge in [0, 0.05) is 13.6 Å². The molecule has 1 unspecified atom stereocenters. The zero-order chi connectivity index (χ0) is 19.6. The molecule has 1 aromatic carbocycles. The Bertz CT molecular complexity index is 744. The Kier molecular flexibility index (Phi) is 7.91. The van der Waals surface area contributed by atoms with E-state index >= 15 is 0 Å². The van der Waals surface area contributed by atoms with E-state index in [1.807, 2.05) is 46.0 Å². The van der Waals surface area contributed by atoms with Crippen molar-refractivity contribution >= 4 is 5.96 Å². The molecule has 0 fully saturated rings. The quantitative estimate of drug-likeness (QED) is 0.518. The van der Waals surface area contributed by atoms with E-state index in [0.29, 0.717) is 19.8 Å². The van der Waals surface area contributed by atoms with Gasteiger partial charge in [0.2, 0.25) is 0 Å². The summed E-state index contributed by atoms with van der Waals surface area (Å²) in [5.41, 5.74) is 1.09. The second kappa shape index (κ2) is 10.4. The van der Waals surface area contributed by atoms with Crippen molar-refractivity contribution in [3.05, 3.63) is 35.9 Å². The Hall–Kier alpha value is -2.77. The minimum Gasteiger partial charge on any atom is -0.490 e. The number of benzene rings is 1. The molecule has 0 aliphatic heterocycles. The zero-order valence-corrected chi connectivity index (χ0v) is 16.8. The summed E-state index contributed by atoms with van der Waals surface area (Å²) in [5, 5.41) is 10.8. The Labute approximate surface area is 161 Å². The van der Waals surface area contributed by atoms with E-state index < -0.39 is 0 Å². The molecule has 1 heterocycles. The number of nitrogens with one attached hydrogen (secondary N) is 2. The van der Waals surface area contributed by atoms with Crippen LogP contribution in [0.15, 0.2) is 29.5 Å². The smallest absolute Gasteiger partial charge is 0.192 e. The highest BCUT2D eigenvalue weighted by Gasteiger charge is 2.12. The number of rotatable bonds is 9. The first-order valence-corrected chi connectivity index (χ1v) is 9.36. The fraction of sp³-hybridized carbons (Fsp3) is 0.526. The van der Waals surface area contributed by atoms with Gasteiger partial charge in [-0.25, -0.2) is 9.98 Å². The van der Waals surface area contributed by atoms with Crippen LogP contribution in [0.2, 0.25) is 0 Å². The maximum Gasteiger partial charge on any atom is 0.192 e. The second-order valence-corrected chi connectivity index (χ2v) is 5.93. The van der Waals surface area contributed by atoms with E-state index in [1.54, 1.807) is 4.68 Å². The van der Waals surface area contributed by atoms with E-state index in [9.17, 15) is 0 Å². The number of hydrogen-bond donors (Lipinski definition) is 2. The number of aryl methyl sites for hydroxylation is 1. The summed E-state index contributed by atoms with van der Waals surface area (Å²) in [7, 11) is 1.86. The van der Waals surface area contributed by atoms with Crippen LogP contribution in [0.25, 0.3) is 0 Å². The fourth-order valence-electron chi connectivity index (χ4n) is 2.56. The molecule has 0 aliphatic carbocycles. The van der Waals surface area contributed by atoms with E-state index in [0.717, 1.165) is 35.4 Å². The summed E-state index contributed by atoms with van der Waals surface area (Å²) in [4.78, 5) is 8.81. The van der Waals surface area contributed by atoms with Gasteiger partial charge in [-0.3, -0.25) is 4.68 Å². The van der Waals surface area contributed by atoms with Crippen LogP contribution in [-0.4, -0.2) is 40.5 Å². The number of nitrogens with zero attached hydrogens (tertiary/aromatic N) is 4. The normalized spacial score (nSPS) is 12.6. The summed E-state index contributed by atoms with van der Waals surface area (Å²) >= 11 is 0. The highest BCUT2D eigenvalue weighted by Crippen LogP contribution is 2.30. The lowest BCUT2D eigenvalue weighted by atomic mass is 10.1. The van der Waals surface area contributed by atoms with Gasteiger partial charge in [-0.1, -0.05) is 6.07 Å². The molecule has 1 atom stereocenters. The van der Waals surface area contributed by atoms with E-state index in [2.05, 4.69) is 32.6 Å². The van der Waals surface area contributed by atoms with Crippen LogP contribution >= 0.6 is 0 Å². The second-order valence-electron chi connectivity index (χ2n) is 5.93. The van der Waals surface area contributed by atoms with Gasteiger partial charge in [-0.2, -0.15) is 5.10 Å². The van der Waals surface area contributed by atoms with Gasteiger partial charge in [-0.05, 0) is 45.4 Å². The summed E-state index contributed by atoms with van der Waals surface area (Å²) in [6.45, 7) is 10.5. The van der Waals surface area contributed by atoms with Gasteiger partial charge in [0.05, 0.1) is 19.3 Å². The predicted molar refractivity (Wildman–Crippen MR) is 106 cm³/mol. The van der Waals surface area contributed by atoms with E-state index in [1.165, 1.54) is 6.33 Å². The lowest BCUT2D eigenvalue weighted by molar-refractivity contribution is 0.287. The van der Waals surface area contributed by atoms with Crippen molar-refractivity contribution in [3.63, 3.8) is 0 Å². The molecule has 1 aromatic heterocycles. The molecule has 0 amide bonds. The number of aromatic nitrogens is 3. The first-order valence-electron chi connectivity index (χ1n) is 9.36. The first-order chi connectivity index (χ1) is 13.1. The molecule has 148 valence electrons. The largest absolute Gasteiger partial charge is 0.490 e. The molecule has 2 N–H and O–H groups in total. The summed E-state index contributed by atoms with van der Waals surface area (Å²) in [5.74, 6) is 3.05. The van der Waals surface area contributed by atoms with Gasteiger partial charge in [0.1, 0.15) is 18.7 Å². The molecular formula is C19H30N6O2. The number of ether oxygens (including phenoxy) is 2. The summed E-state index contributed by atoms with van der Waals surface area (Å²) in [6, 6.07) is 6.04. The number of aliphatic imine (C=N–C) groups is 1. The maximum atomic E-state index is 5.73. The fourth-order valence-corrected chi connectivity index (χ4v) is 2.56. The predicted octanol–water partition coefficient (Wildman–Crippen LogP) is 2.43. The van der Waals surface area contributed by atoms with Crippen LogP contribution < -0.4 is 20.1 Å². The minimum atomic E-state index is 0.0391. The Morgan fingerprint density at radius 3 is 2.56 bits per heavy atom. The monoisotopic (exact) mass is 374 g/mol. The van der Waals surface area contributed by atoms with Gasteiger partial charge < -0.3 is 20.1 Å². The van der Waals surface area contributed by atoms with Crippen molar-refractivity contribution in [2.75, 3.05) is 19.8 Å². The Morgan fingerprint density at radius 2 is 1.93 bits per heavy atom. The van der Waals surface area contributed by atoms with Crippen molar-refractivity contribution in [2.45, 2.75) is 40.3 Å². The molecule has 0 saturated carbocycles. The Morgan fingerprint density at radius 1 is 1.19 bits per heavy atom. The molecule has 8 nitrogen and oxygen atoms in total. The molecule has 0 spiro atoms. The lowest BCUT2D eigenvalue weighted by Crippen LogP contribution is -2.38. The van der Waals surface area contributed by atoms with Crippen molar-refractivity contribution < 1.29 is 9.47 Å². The van der Waals surface area contributed by atoms with Crippen LogP contribution in [0.3, 0.4) is 0 Å². The molecule has 0 saturated heterocycles. The molecular weight excluding hydrogens is 344 g/mol. The third-order valence-electron chi connectivity index (χ3n) is 3.95. The molecule has 8 heteroatoms. The third-order valence-corrected chi connectivity index (χ3v) is 3.95. The minimum absolute atomic E-state index is 0.0391. The molecule has 0 radical (unpaired) electrons. The van der Waals surface area contributed by atoms with Crippen molar-refractivity contribution in [3.8, 4) is 11.5 Å². The van der Waals surface area contributed by atoms with Gasteiger partial charge >= 0.3 is 0 Å². The molecule has 27 heavy (non-hydrogen) atoms. The highest BCUT2D eigenvalue weighted by atomic mass is 16.5. The molecule has 0 bridgehead atoms. The highest BCUT2D eigenvalue weighted by molar-refractivity contribution is 5.80. The van der Waals surface area contributed by atoms with Crippen LogP contribution in [0.4, 0.5) is 0 Å². The van der Waals surface area contributed by atoms with Gasteiger partial charge in [0.25, 0.3) is 0 Å². The molecule has 0 aliphatic rings. The third kappa shape index (κ3) is 5.87. The Balaban J connectivity index is 2.13. The first kappa shape index (κ1) is 20.5. The van der Waals surface area contributed by atoms with Crippen molar-refractivity contribution in [2.24, 2.45) is 12.0 Å². The molecule has 2 aromatic rings. The standard InChI is InChI=1S/C19H30N6O2/c1-6-20-19(21-12-18-22-13-23-25(18)5)24-14(4)15-9-10-16(26-7-2)17(11-15)27-8-3/h9-11,13-14H,6-8,12H2,1-5H3,(H2,20,21,24).